The molecule has 0 spiro atoms. The lowest BCUT2D eigenvalue weighted by atomic mass is 10.1. The standard InChI is InChI=1S/C14H16FNO/c15-12-3-6-14(11(7-12)9-17)16(13-4-5-13)8-10-1-2-10/h3,6-7,9-10,13H,1-2,4-5,8H2. The average Bonchev–Trinajstić information content (AvgIpc) is 3.18. The number of rotatable bonds is 5. The van der Waals surface area contributed by atoms with Gasteiger partial charge in [0.1, 0.15) is 5.82 Å². The molecule has 2 saturated carbocycles. The molecule has 0 bridgehead atoms. The molecule has 0 amide bonds. The largest absolute Gasteiger partial charge is 0.368 e. The van der Waals surface area contributed by atoms with Crippen LogP contribution >= 0.6 is 0 Å². The second-order valence-electron chi connectivity index (χ2n) is 5.15. The Bertz CT molecular complexity index is 438. The van der Waals surface area contributed by atoms with Crippen LogP contribution in [0.2, 0.25) is 0 Å². The first kappa shape index (κ1) is 10.8. The molecule has 2 aliphatic rings. The van der Waals surface area contributed by atoms with Crippen LogP contribution in [0, 0.1) is 11.7 Å². The molecule has 2 fully saturated rings. The second-order valence-corrected chi connectivity index (χ2v) is 5.15. The number of aldehydes is 1. The van der Waals surface area contributed by atoms with Gasteiger partial charge in [-0.2, -0.15) is 0 Å². The van der Waals surface area contributed by atoms with Crippen molar-refractivity contribution in [3.63, 3.8) is 0 Å². The molecule has 0 N–H and O–H groups in total. The number of benzene rings is 1. The van der Waals surface area contributed by atoms with Crippen molar-refractivity contribution in [1.29, 1.82) is 0 Å². The van der Waals surface area contributed by atoms with Gasteiger partial charge in [0.05, 0.1) is 0 Å². The Morgan fingerprint density at radius 1 is 1.29 bits per heavy atom. The van der Waals surface area contributed by atoms with E-state index in [0.717, 1.165) is 24.4 Å². The Morgan fingerprint density at radius 2 is 2.06 bits per heavy atom. The fourth-order valence-corrected chi connectivity index (χ4v) is 2.29. The smallest absolute Gasteiger partial charge is 0.152 e. The summed E-state index contributed by atoms with van der Waals surface area (Å²) < 4.78 is 13.1. The van der Waals surface area contributed by atoms with E-state index in [0.29, 0.717) is 11.6 Å². The van der Waals surface area contributed by atoms with Crippen LogP contribution in [-0.4, -0.2) is 18.9 Å². The van der Waals surface area contributed by atoms with Gasteiger partial charge in [-0.3, -0.25) is 4.79 Å². The number of anilines is 1. The van der Waals surface area contributed by atoms with Crippen LogP contribution < -0.4 is 4.90 Å². The van der Waals surface area contributed by atoms with Crippen molar-refractivity contribution in [2.45, 2.75) is 31.7 Å². The van der Waals surface area contributed by atoms with Crippen molar-refractivity contribution < 1.29 is 9.18 Å². The van der Waals surface area contributed by atoms with Gasteiger partial charge in [0, 0.05) is 23.8 Å². The van der Waals surface area contributed by atoms with Crippen LogP contribution in [0.15, 0.2) is 18.2 Å². The number of nitrogens with zero attached hydrogens (tertiary/aromatic N) is 1. The summed E-state index contributed by atoms with van der Waals surface area (Å²) in [5.74, 6) is 0.443. The molecule has 2 nitrogen and oxygen atoms in total. The van der Waals surface area contributed by atoms with Gasteiger partial charge in [-0.25, -0.2) is 4.39 Å². The topological polar surface area (TPSA) is 20.3 Å². The summed E-state index contributed by atoms with van der Waals surface area (Å²) in [7, 11) is 0. The second kappa shape index (κ2) is 4.13. The number of carbonyl (C=O) groups is 1. The maximum atomic E-state index is 13.1. The zero-order chi connectivity index (χ0) is 11.8. The first-order chi connectivity index (χ1) is 8.28. The van der Waals surface area contributed by atoms with Crippen LogP contribution in [0.25, 0.3) is 0 Å². The lowest BCUT2D eigenvalue weighted by Crippen LogP contribution is -2.29. The lowest BCUT2D eigenvalue weighted by Gasteiger charge is -2.26. The van der Waals surface area contributed by atoms with E-state index < -0.39 is 0 Å². The first-order valence-corrected chi connectivity index (χ1v) is 6.29. The van der Waals surface area contributed by atoms with E-state index in [2.05, 4.69) is 4.90 Å². The highest BCUT2D eigenvalue weighted by molar-refractivity contribution is 5.84. The van der Waals surface area contributed by atoms with Crippen LogP contribution in [0.4, 0.5) is 10.1 Å². The summed E-state index contributed by atoms with van der Waals surface area (Å²) >= 11 is 0. The van der Waals surface area contributed by atoms with Crippen molar-refractivity contribution >= 4 is 12.0 Å². The Labute approximate surface area is 100 Å². The molecule has 0 unspecified atom stereocenters. The summed E-state index contributed by atoms with van der Waals surface area (Å²) in [4.78, 5) is 13.3. The molecule has 0 aliphatic heterocycles. The molecule has 0 radical (unpaired) electrons. The number of hydrogen-bond donors (Lipinski definition) is 0. The summed E-state index contributed by atoms with van der Waals surface area (Å²) in [6.45, 7) is 1.02. The van der Waals surface area contributed by atoms with Crippen molar-refractivity contribution in [1.82, 2.24) is 0 Å². The van der Waals surface area contributed by atoms with Crippen LogP contribution in [0.3, 0.4) is 0 Å². The Hall–Kier alpha value is -1.38. The summed E-state index contributed by atoms with van der Waals surface area (Å²) in [5, 5.41) is 0. The summed E-state index contributed by atoms with van der Waals surface area (Å²) in [6, 6.07) is 5.11. The van der Waals surface area contributed by atoms with E-state index in [9.17, 15) is 9.18 Å². The van der Waals surface area contributed by atoms with E-state index in [1.54, 1.807) is 6.07 Å². The van der Waals surface area contributed by atoms with Gasteiger partial charge in [0.2, 0.25) is 0 Å². The minimum absolute atomic E-state index is 0.335. The van der Waals surface area contributed by atoms with Gasteiger partial charge in [0.25, 0.3) is 0 Å². The number of hydrogen-bond acceptors (Lipinski definition) is 2. The zero-order valence-electron chi connectivity index (χ0n) is 9.73. The molecule has 3 rings (SSSR count). The molecule has 17 heavy (non-hydrogen) atoms. The monoisotopic (exact) mass is 233 g/mol. The van der Waals surface area contributed by atoms with E-state index >= 15 is 0 Å². The average molecular weight is 233 g/mol. The lowest BCUT2D eigenvalue weighted by molar-refractivity contribution is 0.112. The van der Waals surface area contributed by atoms with E-state index in [4.69, 9.17) is 0 Å². The molecule has 3 heteroatoms. The molecule has 0 saturated heterocycles. The van der Waals surface area contributed by atoms with Crippen molar-refractivity contribution in [2.75, 3.05) is 11.4 Å². The Balaban J connectivity index is 1.90. The number of halogens is 1. The predicted molar refractivity (Wildman–Crippen MR) is 64.9 cm³/mol. The van der Waals surface area contributed by atoms with Crippen molar-refractivity contribution in [3.05, 3.63) is 29.6 Å². The highest BCUT2D eigenvalue weighted by atomic mass is 19.1. The SMILES string of the molecule is O=Cc1cc(F)ccc1N(CC1CC1)C1CC1. The third-order valence-corrected chi connectivity index (χ3v) is 3.57. The fraction of sp³-hybridized carbons (Fsp3) is 0.500. The van der Waals surface area contributed by atoms with Crippen LogP contribution in [0.1, 0.15) is 36.0 Å². The molecule has 1 aromatic rings. The summed E-state index contributed by atoms with van der Waals surface area (Å²) in [5.41, 5.74) is 1.40. The Morgan fingerprint density at radius 3 is 2.65 bits per heavy atom. The molecule has 1 aromatic carbocycles. The highest BCUT2D eigenvalue weighted by Crippen LogP contribution is 2.38. The van der Waals surface area contributed by atoms with Gasteiger partial charge < -0.3 is 4.90 Å². The normalized spacial score (nSPS) is 19.1. The van der Waals surface area contributed by atoms with Crippen LogP contribution in [0.5, 0.6) is 0 Å². The summed E-state index contributed by atoms with van der Waals surface area (Å²) in [6.07, 6.45) is 5.74. The molecule has 0 heterocycles. The highest BCUT2D eigenvalue weighted by Gasteiger charge is 2.34. The van der Waals surface area contributed by atoms with E-state index in [1.165, 1.54) is 37.8 Å². The third-order valence-electron chi connectivity index (χ3n) is 3.57. The first-order valence-electron chi connectivity index (χ1n) is 6.29. The van der Waals surface area contributed by atoms with Crippen molar-refractivity contribution in [3.8, 4) is 0 Å². The fourth-order valence-electron chi connectivity index (χ4n) is 2.29. The number of carbonyl (C=O) groups excluding carboxylic acids is 1. The maximum Gasteiger partial charge on any atom is 0.152 e. The molecule has 0 atom stereocenters. The zero-order valence-corrected chi connectivity index (χ0v) is 9.73. The molecule has 0 aromatic heterocycles. The predicted octanol–water partition coefficient (Wildman–Crippen LogP) is 3.02. The van der Waals surface area contributed by atoms with Gasteiger partial charge >= 0.3 is 0 Å². The van der Waals surface area contributed by atoms with Gasteiger partial charge in [-0.15, -0.1) is 0 Å². The minimum atomic E-state index is -0.335. The quantitative estimate of drug-likeness (QED) is 0.729. The van der Waals surface area contributed by atoms with Gasteiger partial charge in [-0.1, -0.05) is 0 Å². The maximum absolute atomic E-state index is 13.1. The minimum Gasteiger partial charge on any atom is -0.368 e. The van der Waals surface area contributed by atoms with E-state index in [1.807, 2.05) is 0 Å². The molecular formula is C14H16FNO. The molecule has 2 aliphatic carbocycles. The van der Waals surface area contributed by atoms with Crippen molar-refractivity contribution in [2.24, 2.45) is 5.92 Å². The third kappa shape index (κ3) is 2.33. The van der Waals surface area contributed by atoms with Crippen LogP contribution in [-0.2, 0) is 0 Å². The van der Waals surface area contributed by atoms with Gasteiger partial charge in [0.15, 0.2) is 6.29 Å². The van der Waals surface area contributed by atoms with E-state index in [-0.39, 0.29) is 5.82 Å². The van der Waals surface area contributed by atoms with Gasteiger partial charge in [-0.05, 0) is 49.8 Å². The molecule has 90 valence electrons. The molecular weight excluding hydrogens is 217 g/mol. The Kier molecular flexibility index (Phi) is 2.61.